The highest BCUT2D eigenvalue weighted by Gasteiger charge is 2.19. The number of hydrogen-bond acceptors (Lipinski definition) is 4. The maximum absolute atomic E-state index is 12.3. The van der Waals surface area contributed by atoms with E-state index in [2.05, 4.69) is 4.98 Å². The van der Waals surface area contributed by atoms with Gasteiger partial charge in [-0.1, -0.05) is 0 Å². The molecule has 8 heteroatoms. The Hall–Kier alpha value is -2.38. The third-order valence-electron chi connectivity index (χ3n) is 3.28. The van der Waals surface area contributed by atoms with Crippen LogP contribution in [-0.2, 0) is 31.4 Å². The Kier molecular flexibility index (Phi) is 3.47. The maximum atomic E-state index is 12.3. The van der Waals surface area contributed by atoms with Gasteiger partial charge in [0.1, 0.15) is 12.2 Å². The van der Waals surface area contributed by atoms with Gasteiger partial charge in [0.2, 0.25) is 0 Å². The van der Waals surface area contributed by atoms with Crippen molar-refractivity contribution in [1.82, 2.24) is 18.7 Å². The van der Waals surface area contributed by atoms with Crippen molar-refractivity contribution in [2.75, 3.05) is 0 Å². The fourth-order valence-corrected chi connectivity index (χ4v) is 2.26. The van der Waals surface area contributed by atoms with Crippen LogP contribution >= 0.6 is 0 Å². The second-order valence-corrected chi connectivity index (χ2v) is 4.41. The van der Waals surface area contributed by atoms with Gasteiger partial charge in [-0.2, -0.15) is 0 Å². The third kappa shape index (κ3) is 1.93. The van der Waals surface area contributed by atoms with E-state index in [-0.39, 0.29) is 30.0 Å². The predicted octanol–water partition coefficient (Wildman–Crippen LogP) is -0.436. The van der Waals surface area contributed by atoms with Crippen LogP contribution in [0.25, 0.3) is 11.2 Å². The summed E-state index contributed by atoms with van der Waals surface area (Å²) in [5.74, 6) is -0.787. The molecule has 0 aromatic carbocycles. The summed E-state index contributed by atoms with van der Waals surface area (Å²) in [5, 5.41) is 8.86. The van der Waals surface area contributed by atoms with E-state index in [0.29, 0.717) is 6.54 Å². The second-order valence-electron chi connectivity index (χ2n) is 4.41. The van der Waals surface area contributed by atoms with Crippen molar-refractivity contribution in [2.45, 2.75) is 33.4 Å². The van der Waals surface area contributed by atoms with Gasteiger partial charge in [0.25, 0.3) is 5.56 Å². The Labute approximate surface area is 113 Å². The van der Waals surface area contributed by atoms with E-state index in [1.54, 1.807) is 20.9 Å². The molecule has 0 aliphatic heterocycles. The number of imidazole rings is 1. The first-order valence-corrected chi connectivity index (χ1v) is 6.33. The van der Waals surface area contributed by atoms with Crippen LogP contribution in [0.1, 0.15) is 19.7 Å². The molecule has 108 valence electrons. The molecular weight excluding hydrogens is 264 g/mol. The number of aryl methyl sites for hydroxylation is 2. The summed E-state index contributed by atoms with van der Waals surface area (Å²) in [7, 11) is 1.58. The van der Waals surface area contributed by atoms with Crippen LogP contribution in [0.2, 0.25) is 0 Å². The van der Waals surface area contributed by atoms with Crippen LogP contribution in [0.5, 0.6) is 0 Å². The SMILES string of the molecule is CCn1c(=O)c2c(nc(CC(=O)O)n2C)n(CC)c1=O. The molecule has 0 saturated heterocycles. The lowest BCUT2D eigenvalue weighted by molar-refractivity contribution is -0.136. The van der Waals surface area contributed by atoms with Crippen LogP contribution in [0, 0.1) is 0 Å². The summed E-state index contributed by atoms with van der Waals surface area (Å²) >= 11 is 0. The Bertz CT molecular complexity index is 796. The Morgan fingerprint density at radius 2 is 1.80 bits per heavy atom. The summed E-state index contributed by atoms with van der Waals surface area (Å²) in [6.07, 6.45) is -0.297. The van der Waals surface area contributed by atoms with Gasteiger partial charge in [-0.15, -0.1) is 0 Å². The minimum Gasteiger partial charge on any atom is -0.481 e. The largest absolute Gasteiger partial charge is 0.481 e. The van der Waals surface area contributed by atoms with Crippen molar-refractivity contribution in [1.29, 1.82) is 0 Å². The number of aromatic nitrogens is 4. The van der Waals surface area contributed by atoms with E-state index in [4.69, 9.17) is 5.11 Å². The predicted molar refractivity (Wildman–Crippen MR) is 71.9 cm³/mol. The van der Waals surface area contributed by atoms with Crippen molar-refractivity contribution >= 4 is 17.1 Å². The van der Waals surface area contributed by atoms with Gasteiger partial charge in [-0.25, -0.2) is 9.78 Å². The minimum atomic E-state index is -1.04. The molecule has 0 spiro atoms. The number of fused-ring (bicyclic) bond motifs is 1. The van der Waals surface area contributed by atoms with Crippen molar-refractivity contribution < 1.29 is 9.90 Å². The molecule has 2 rings (SSSR count). The standard InChI is InChI=1S/C12H16N4O4/c1-4-15-10-9(11(19)16(5-2)12(15)20)14(3)7(13-10)6-8(17)18/h4-6H2,1-3H3,(H,17,18). The van der Waals surface area contributed by atoms with Gasteiger partial charge in [0, 0.05) is 20.1 Å². The highest BCUT2D eigenvalue weighted by atomic mass is 16.4. The smallest absolute Gasteiger partial charge is 0.332 e. The first-order chi connectivity index (χ1) is 9.42. The molecule has 0 saturated carbocycles. The van der Waals surface area contributed by atoms with Crippen LogP contribution in [-0.4, -0.2) is 29.8 Å². The molecule has 2 aromatic heterocycles. The molecule has 20 heavy (non-hydrogen) atoms. The molecule has 0 aliphatic rings. The van der Waals surface area contributed by atoms with Gasteiger partial charge in [-0.3, -0.25) is 18.7 Å². The highest BCUT2D eigenvalue weighted by molar-refractivity contribution is 5.74. The zero-order valence-corrected chi connectivity index (χ0v) is 11.6. The normalized spacial score (nSPS) is 11.2. The van der Waals surface area contributed by atoms with Crippen LogP contribution in [0.4, 0.5) is 0 Å². The van der Waals surface area contributed by atoms with Gasteiger partial charge >= 0.3 is 11.7 Å². The lowest BCUT2D eigenvalue weighted by Crippen LogP contribution is -2.39. The number of nitrogens with zero attached hydrogens (tertiary/aromatic N) is 4. The molecular formula is C12H16N4O4. The van der Waals surface area contributed by atoms with Crippen LogP contribution in [0.15, 0.2) is 9.59 Å². The zero-order chi connectivity index (χ0) is 15.0. The maximum Gasteiger partial charge on any atom is 0.332 e. The molecule has 2 heterocycles. The fourth-order valence-electron chi connectivity index (χ4n) is 2.26. The third-order valence-corrected chi connectivity index (χ3v) is 3.28. The first kappa shape index (κ1) is 14.0. The van der Waals surface area contributed by atoms with Gasteiger partial charge < -0.3 is 9.67 Å². The Balaban J connectivity index is 2.94. The molecule has 2 aromatic rings. The zero-order valence-electron chi connectivity index (χ0n) is 11.6. The number of carboxylic acids is 1. The molecule has 0 unspecified atom stereocenters. The number of carboxylic acid groups (broad SMARTS) is 1. The molecule has 0 atom stereocenters. The van der Waals surface area contributed by atoms with E-state index in [1.807, 2.05) is 0 Å². The molecule has 0 radical (unpaired) electrons. The van der Waals surface area contributed by atoms with Crippen molar-refractivity contribution in [3.05, 3.63) is 26.7 Å². The molecule has 0 bridgehead atoms. The molecule has 8 nitrogen and oxygen atoms in total. The van der Waals surface area contributed by atoms with E-state index < -0.39 is 17.2 Å². The fraction of sp³-hybridized carbons (Fsp3) is 0.500. The summed E-state index contributed by atoms with van der Waals surface area (Å²) < 4.78 is 3.95. The summed E-state index contributed by atoms with van der Waals surface area (Å²) in [6.45, 7) is 4.10. The van der Waals surface area contributed by atoms with Crippen LogP contribution in [0.3, 0.4) is 0 Å². The number of aliphatic carboxylic acids is 1. The van der Waals surface area contributed by atoms with Crippen LogP contribution < -0.4 is 11.2 Å². The van der Waals surface area contributed by atoms with Gasteiger partial charge in [0.15, 0.2) is 11.2 Å². The van der Waals surface area contributed by atoms with Crippen molar-refractivity contribution in [2.24, 2.45) is 7.05 Å². The first-order valence-electron chi connectivity index (χ1n) is 6.33. The van der Waals surface area contributed by atoms with Crippen molar-refractivity contribution in [3.8, 4) is 0 Å². The lowest BCUT2D eigenvalue weighted by atomic mass is 10.4. The quantitative estimate of drug-likeness (QED) is 0.818. The Morgan fingerprint density at radius 3 is 2.30 bits per heavy atom. The average molecular weight is 280 g/mol. The minimum absolute atomic E-state index is 0.242. The highest BCUT2D eigenvalue weighted by Crippen LogP contribution is 2.10. The Morgan fingerprint density at radius 1 is 1.20 bits per heavy atom. The number of rotatable bonds is 4. The second kappa shape index (κ2) is 4.95. The average Bonchev–Trinajstić information content (AvgIpc) is 2.67. The van der Waals surface area contributed by atoms with E-state index in [9.17, 15) is 14.4 Å². The van der Waals surface area contributed by atoms with E-state index in [1.165, 1.54) is 9.13 Å². The summed E-state index contributed by atoms with van der Waals surface area (Å²) in [5.41, 5.74) is -0.369. The van der Waals surface area contributed by atoms with E-state index >= 15 is 0 Å². The molecule has 0 amide bonds. The molecule has 0 fully saturated rings. The van der Waals surface area contributed by atoms with E-state index in [0.717, 1.165) is 4.57 Å². The molecule has 1 N–H and O–H groups in total. The number of hydrogen-bond donors (Lipinski definition) is 1. The molecule has 0 aliphatic carbocycles. The topological polar surface area (TPSA) is 99.1 Å². The van der Waals surface area contributed by atoms with Gasteiger partial charge in [0.05, 0.1) is 0 Å². The summed E-state index contributed by atoms with van der Waals surface area (Å²) in [6, 6.07) is 0. The summed E-state index contributed by atoms with van der Waals surface area (Å²) in [4.78, 5) is 39.5. The lowest BCUT2D eigenvalue weighted by Gasteiger charge is -2.08. The monoisotopic (exact) mass is 280 g/mol. The van der Waals surface area contributed by atoms with Gasteiger partial charge in [-0.05, 0) is 13.8 Å². The number of carbonyl (C=O) groups is 1. The van der Waals surface area contributed by atoms with Crippen molar-refractivity contribution in [3.63, 3.8) is 0 Å².